The second kappa shape index (κ2) is 6.54. The maximum atomic E-state index is 9.69. The third-order valence-corrected chi connectivity index (χ3v) is 3.03. The molecule has 1 heterocycles. The van der Waals surface area contributed by atoms with Crippen LogP contribution in [0.1, 0.15) is 40.5 Å². The van der Waals surface area contributed by atoms with Crippen molar-refractivity contribution in [2.45, 2.75) is 57.5 Å². The Kier molecular flexibility index (Phi) is 5.62. The highest BCUT2D eigenvalue weighted by molar-refractivity contribution is 7.99. The van der Waals surface area contributed by atoms with Crippen molar-refractivity contribution in [1.82, 2.24) is 10.2 Å². The minimum Gasteiger partial charge on any atom is -0.415 e. The fourth-order valence-corrected chi connectivity index (χ4v) is 1.76. The second-order valence-electron chi connectivity index (χ2n) is 5.47. The van der Waals surface area contributed by atoms with Crippen LogP contribution in [0.2, 0.25) is 0 Å². The highest BCUT2D eigenvalue weighted by atomic mass is 32.2. The van der Waals surface area contributed by atoms with E-state index < -0.39 is 6.10 Å². The number of aliphatic hydroxyl groups is 1. The van der Waals surface area contributed by atoms with E-state index in [4.69, 9.17) is 9.15 Å². The van der Waals surface area contributed by atoms with Crippen molar-refractivity contribution in [3.05, 3.63) is 5.89 Å². The Balaban J connectivity index is 2.37. The van der Waals surface area contributed by atoms with Gasteiger partial charge >= 0.3 is 0 Å². The summed E-state index contributed by atoms with van der Waals surface area (Å²) in [5.74, 6) is 1.09. The summed E-state index contributed by atoms with van der Waals surface area (Å²) in [6, 6.07) is 0. The molecule has 0 aromatic carbocycles. The van der Waals surface area contributed by atoms with Gasteiger partial charge in [-0.05, 0) is 13.8 Å². The van der Waals surface area contributed by atoms with Crippen LogP contribution in [0.25, 0.3) is 0 Å². The predicted molar refractivity (Wildman–Crippen MR) is 70.8 cm³/mol. The summed E-state index contributed by atoms with van der Waals surface area (Å²) in [5, 5.41) is 18.1. The van der Waals surface area contributed by atoms with E-state index in [1.54, 1.807) is 0 Å². The van der Waals surface area contributed by atoms with E-state index in [9.17, 15) is 5.11 Å². The van der Waals surface area contributed by atoms with Gasteiger partial charge in [-0.25, -0.2) is 0 Å². The fourth-order valence-electron chi connectivity index (χ4n) is 1.09. The highest BCUT2D eigenvalue weighted by Gasteiger charge is 2.21. The number of hydrogen-bond acceptors (Lipinski definition) is 6. The number of aromatic nitrogens is 2. The molecule has 1 aromatic heterocycles. The lowest BCUT2D eigenvalue weighted by Gasteiger charge is -2.12. The number of rotatable bonds is 6. The predicted octanol–water partition coefficient (Wildman–Crippen LogP) is 2.25. The number of ether oxygens (including phenoxy) is 1. The van der Waals surface area contributed by atoms with Gasteiger partial charge in [0.05, 0.1) is 18.8 Å². The van der Waals surface area contributed by atoms with Crippen molar-refractivity contribution in [3.63, 3.8) is 0 Å². The molecule has 1 N–H and O–H groups in total. The monoisotopic (exact) mass is 274 g/mol. The molecule has 0 saturated heterocycles. The molecule has 104 valence electrons. The van der Waals surface area contributed by atoms with Crippen LogP contribution in [-0.2, 0) is 10.2 Å². The largest absolute Gasteiger partial charge is 0.415 e. The standard InChI is InChI=1S/C12H22N2O3S/c1-8(2)16-6-9(15)7-18-11-14-13-10(17-11)12(3,4)5/h8-9,15H,6-7H2,1-5H3. The molecule has 1 unspecified atom stereocenters. The summed E-state index contributed by atoms with van der Waals surface area (Å²) in [7, 11) is 0. The van der Waals surface area contributed by atoms with Gasteiger partial charge in [0, 0.05) is 11.2 Å². The van der Waals surface area contributed by atoms with Crippen LogP contribution in [-0.4, -0.2) is 39.9 Å². The molecular formula is C12H22N2O3S. The molecular weight excluding hydrogens is 252 g/mol. The first-order valence-electron chi connectivity index (χ1n) is 6.05. The highest BCUT2D eigenvalue weighted by Crippen LogP contribution is 2.24. The molecule has 0 aliphatic heterocycles. The number of aliphatic hydroxyl groups excluding tert-OH is 1. The first-order valence-corrected chi connectivity index (χ1v) is 7.04. The summed E-state index contributed by atoms with van der Waals surface area (Å²) in [6.45, 7) is 10.2. The lowest BCUT2D eigenvalue weighted by molar-refractivity contribution is 0.0152. The second-order valence-corrected chi connectivity index (χ2v) is 6.44. The van der Waals surface area contributed by atoms with Crippen molar-refractivity contribution in [2.75, 3.05) is 12.4 Å². The Hall–Kier alpha value is -0.590. The molecule has 0 bridgehead atoms. The van der Waals surface area contributed by atoms with Crippen molar-refractivity contribution < 1.29 is 14.3 Å². The maximum absolute atomic E-state index is 9.69. The Morgan fingerprint density at radius 3 is 2.50 bits per heavy atom. The van der Waals surface area contributed by atoms with Gasteiger partial charge in [0.2, 0.25) is 5.89 Å². The number of nitrogens with zero attached hydrogens (tertiary/aromatic N) is 2. The molecule has 0 saturated carbocycles. The van der Waals surface area contributed by atoms with E-state index >= 15 is 0 Å². The van der Waals surface area contributed by atoms with E-state index in [0.29, 0.717) is 23.5 Å². The van der Waals surface area contributed by atoms with Gasteiger partial charge in [0.15, 0.2) is 0 Å². The average molecular weight is 274 g/mol. The van der Waals surface area contributed by atoms with Gasteiger partial charge in [-0.3, -0.25) is 0 Å². The van der Waals surface area contributed by atoms with Crippen molar-refractivity contribution in [2.24, 2.45) is 0 Å². The molecule has 0 aliphatic carbocycles. The van der Waals surface area contributed by atoms with Crippen LogP contribution < -0.4 is 0 Å². The third kappa shape index (κ3) is 5.37. The van der Waals surface area contributed by atoms with Gasteiger partial charge < -0.3 is 14.3 Å². The van der Waals surface area contributed by atoms with Crippen LogP contribution in [0, 0.1) is 0 Å². The first-order chi connectivity index (χ1) is 8.29. The van der Waals surface area contributed by atoms with E-state index in [0.717, 1.165) is 0 Å². The van der Waals surface area contributed by atoms with E-state index in [2.05, 4.69) is 10.2 Å². The lowest BCUT2D eigenvalue weighted by atomic mass is 9.97. The minimum absolute atomic E-state index is 0.126. The normalized spacial score (nSPS) is 14.2. The summed E-state index contributed by atoms with van der Waals surface area (Å²) in [6.07, 6.45) is -0.400. The Morgan fingerprint density at radius 2 is 2.00 bits per heavy atom. The van der Waals surface area contributed by atoms with E-state index in [-0.39, 0.29) is 11.5 Å². The Labute approximate surface area is 112 Å². The topological polar surface area (TPSA) is 68.4 Å². The molecule has 18 heavy (non-hydrogen) atoms. The zero-order chi connectivity index (χ0) is 13.8. The van der Waals surface area contributed by atoms with Gasteiger partial charge in [-0.15, -0.1) is 10.2 Å². The Bertz CT molecular complexity index is 360. The first kappa shape index (κ1) is 15.5. The average Bonchev–Trinajstić information content (AvgIpc) is 2.71. The molecule has 1 atom stereocenters. The van der Waals surface area contributed by atoms with Crippen LogP contribution in [0.5, 0.6) is 0 Å². The summed E-state index contributed by atoms with van der Waals surface area (Å²) >= 11 is 1.35. The molecule has 0 aliphatic rings. The molecule has 0 fully saturated rings. The van der Waals surface area contributed by atoms with Crippen molar-refractivity contribution in [1.29, 1.82) is 0 Å². The van der Waals surface area contributed by atoms with Crippen LogP contribution in [0.3, 0.4) is 0 Å². The maximum Gasteiger partial charge on any atom is 0.276 e. The molecule has 1 rings (SSSR count). The lowest BCUT2D eigenvalue weighted by Crippen LogP contribution is -2.20. The zero-order valence-corrected chi connectivity index (χ0v) is 12.5. The van der Waals surface area contributed by atoms with Crippen molar-refractivity contribution in [3.8, 4) is 0 Å². The quantitative estimate of drug-likeness (QED) is 0.802. The van der Waals surface area contributed by atoms with Gasteiger partial charge in [0.25, 0.3) is 5.22 Å². The van der Waals surface area contributed by atoms with Gasteiger partial charge in [-0.2, -0.15) is 0 Å². The van der Waals surface area contributed by atoms with Gasteiger partial charge in [0.1, 0.15) is 0 Å². The van der Waals surface area contributed by atoms with Crippen LogP contribution in [0.15, 0.2) is 9.64 Å². The molecule has 6 heteroatoms. The van der Waals surface area contributed by atoms with E-state index in [1.807, 2.05) is 34.6 Å². The molecule has 0 spiro atoms. The summed E-state index contributed by atoms with van der Waals surface area (Å²) in [5.41, 5.74) is -0.148. The number of thioether (sulfide) groups is 1. The van der Waals surface area contributed by atoms with Crippen LogP contribution >= 0.6 is 11.8 Å². The molecule has 0 amide bonds. The molecule has 1 aromatic rings. The molecule has 5 nitrogen and oxygen atoms in total. The minimum atomic E-state index is -0.526. The number of hydrogen-bond donors (Lipinski definition) is 1. The summed E-state index contributed by atoms with van der Waals surface area (Å²) in [4.78, 5) is 0. The zero-order valence-electron chi connectivity index (χ0n) is 11.6. The smallest absolute Gasteiger partial charge is 0.276 e. The summed E-state index contributed by atoms with van der Waals surface area (Å²) < 4.78 is 10.8. The van der Waals surface area contributed by atoms with Crippen LogP contribution in [0.4, 0.5) is 0 Å². The van der Waals surface area contributed by atoms with Crippen molar-refractivity contribution >= 4 is 11.8 Å². The molecule has 0 radical (unpaired) electrons. The Morgan fingerprint density at radius 1 is 1.33 bits per heavy atom. The third-order valence-electron chi connectivity index (χ3n) is 2.07. The fraction of sp³-hybridized carbons (Fsp3) is 0.833. The van der Waals surface area contributed by atoms with Gasteiger partial charge in [-0.1, -0.05) is 32.5 Å². The van der Waals surface area contributed by atoms with E-state index in [1.165, 1.54) is 11.8 Å². The SMILES string of the molecule is CC(C)OCC(O)CSc1nnc(C(C)(C)C)o1.